The molecule has 1 aromatic carbocycles. The van der Waals surface area contributed by atoms with Crippen molar-refractivity contribution in [1.82, 2.24) is 4.90 Å². The van der Waals surface area contributed by atoms with Crippen molar-refractivity contribution in [3.8, 4) is 5.75 Å². The first-order chi connectivity index (χ1) is 9.97. The highest BCUT2D eigenvalue weighted by atomic mass is 19.4. The fraction of sp³-hybridized carbons (Fsp3) is 0.600. The van der Waals surface area contributed by atoms with E-state index < -0.39 is 12.1 Å². The summed E-state index contributed by atoms with van der Waals surface area (Å²) in [7, 11) is 0. The summed E-state index contributed by atoms with van der Waals surface area (Å²) in [6.07, 6.45) is -2.53. The molecule has 0 radical (unpaired) electrons. The van der Waals surface area contributed by atoms with E-state index in [1.165, 1.54) is 0 Å². The third kappa shape index (κ3) is 4.81. The van der Waals surface area contributed by atoms with Gasteiger partial charge in [0.2, 0.25) is 0 Å². The van der Waals surface area contributed by atoms with Crippen LogP contribution in [0, 0.1) is 5.92 Å². The van der Waals surface area contributed by atoms with E-state index in [-0.39, 0.29) is 13.0 Å². The quantitative estimate of drug-likeness (QED) is 0.670. The highest BCUT2D eigenvalue weighted by Gasteiger charge is 2.41. The molecule has 0 spiro atoms. The van der Waals surface area contributed by atoms with Crippen molar-refractivity contribution >= 4 is 5.69 Å². The van der Waals surface area contributed by atoms with Gasteiger partial charge in [-0.15, -0.1) is 0 Å². The normalized spacial score (nSPS) is 20.4. The lowest BCUT2D eigenvalue weighted by Crippen LogP contribution is -2.42. The fourth-order valence-corrected chi connectivity index (χ4v) is 2.61. The number of ether oxygens (including phenoxy) is 1. The first-order valence-electron chi connectivity index (χ1n) is 7.23. The van der Waals surface area contributed by atoms with Crippen LogP contribution >= 0.6 is 0 Å². The summed E-state index contributed by atoms with van der Waals surface area (Å²) in [6.45, 7) is 1.93. The lowest BCUT2D eigenvalue weighted by Gasteiger charge is -2.33. The smallest absolute Gasteiger partial charge is 0.393 e. The van der Waals surface area contributed by atoms with Gasteiger partial charge in [-0.1, -0.05) is 12.1 Å². The summed E-state index contributed by atoms with van der Waals surface area (Å²) < 4.78 is 43.7. The van der Waals surface area contributed by atoms with Crippen LogP contribution in [0.5, 0.6) is 5.75 Å². The third-order valence-electron chi connectivity index (χ3n) is 3.76. The van der Waals surface area contributed by atoms with E-state index in [1.54, 1.807) is 12.1 Å². The highest BCUT2D eigenvalue weighted by Crippen LogP contribution is 2.33. The van der Waals surface area contributed by atoms with Crippen molar-refractivity contribution in [2.24, 2.45) is 5.92 Å². The minimum Gasteiger partial charge on any atom is -0.491 e. The van der Waals surface area contributed by atoms with Crippen molar-refractivity contribution in [2.45, 2.75) is 25.4 Å². The Morgan fingerprint density at radius 3 is 2.76 bits per heavy atom. The predicted molar refractivity (Wildman–Crippen MR) is 76.2 cm³/mol. The van der Waals surface area contributed by atoms with Gasteiger partial charge in [0.1, 0.15) is 5.75 Å². The van der Waals surface area contributed by atoms with E-state index >= 15 is 0 Å². The van der Waals surface area contributed by atoms with Crippen LogP contribution in [0.15, 0.2) is 24.3 Å². The number of anilines is 1. The summed E-state index contributed by atoms with van der Waals surface area (Å²) in [4.78, 5) is 1.87. The molecule has 1 aromatic rings. The number of rotatable bonds is 5. The number of nitrogen functional groups attached to an aromatic ring is 1. The molecule has 0 aromatic heterocycles. The Morgan fingerprint density at radius 2 is 2.05 bits per heavy atom. The number of hydrogen-bond acceptors (Lipinski definition) is 3. The van der Waals surface area contributed by atoms with Gasteiger partial charge in [0.05, 0.1) is 18.2 Å². The van der Waals surface area contributed by atoms with Gasteiger partial charge < -0.3 is 15.4 Å². The largest absolute Gasteiger partial charge is 0.491 e. The molecule has 3 nitrogen and oxygen atoms in total. The second-order valence-electron chi connectivity index (χ2n) is 5.42. The van der Waals surface area contributed by atoms with Crippen LogP contribution in [0.4, 0.5) is 18.9 Å². The fourth-order valence-electron chi connectivity index (χ4n) is 2.61. The number of nitrogens with two attached hydrogens (primary N) is 1. The molecular weight excluding hydrogens is 281 g/mol. The molecule has 0 saturated carbocycles. The second kappa shape index (κ2) is 7.02. The van der Waals surface area contributed by atoms with E-state index in [0.717, 1.165) is 6.54 Å². The zero-order chi connectivity index (χ0) is 15.3. The second-order valence-corrected chi connectivity index (χ2v) is 5.42. The van der Waals surface area contributed by atoms with E-state index in [9.17, 15) is 13.2 Å². The minimum atomic E-state index is -4.08. The first-order valence-corrected chi connectivity index (χ1v) is 7.23. The Hall–Kier alpha value is -1.43. The monoisotopic (exact) mass is 302 g/mol. The minimum absolute atomic E-state index is 0.108. The van der Waals surface area contributed by atoms with Crippen LogP contribution in [-0.2, 0) is 0 Å². The van der Waals surface area contributed by atoms with Gasteiger partial charge in [-0.2, -0.15) is 13.2 Å². The third-order valence-corrected chi connectivity index (χ3v) is 3.76. The van der Waals surface area contributed by atoms with Crippen molar-refractivity contribution in [1.29, 1.82) is 0 Å². The summed E-state index contributed by atoms with van der Waals surface area (Å²) in [5.41, 5.74) is 6.33. The van der Waals surface area contributed by atoms with Crippen molar-refractivity contribution < 1.29 is 17.9 Å². The maximum atomic E-state index is 12.7. The van der Waals surface area contributed by atoms with Gasteiger partial charge >= 0.3 is 6.18 Å². The predicted octanol–water partition coefficient (Wildman–Crippen LogP) is 3.31. The Labute approximate surface area is 122 Å². The Bertz CT molecular complexity index is 451. The Morgan fingerprint density at radius 1 is 1.29 bits per heavy atom. The van der Waals surface area contributed by atoms with Gasteiger partial charge in [0, 0.05) is 13.1 Å². The number of alkyl halides is 3. The van der Waals surface area contributed by atoms with Crippen LogP contribution in [0.1, 0.15) is 19.3 Å². The van der Waals surface area contributed by atoms with Crippen LogP contribution in [-0.4, -0.2) is 37.3 Å². The lowest BCUT2D eigenvalue weighted by molar-refractivity contribution is -0.186. The molecule has 1 saturated heterocycles. The van der Waals surface area contributed by atoms with E-state index in [2.05, 4.69) is 0 Å². The number of hydrogen-bond donors (Lipinski definition) is 1. The Kier molecular flexibility index (Phi) is 5.33. The lowest BCUT2D eigenvalue weighted by atomic mass is 9.97. The molecule has 1 aliphatic heterocycles. The van der Waals surface area contributed by atoms with Gasteiger partial charge in [-0.3, -0.25) is 0 Å². The van der Waals surface area contributed by atoms with Crippen LogP contribution in [0.3, 0.4) is 0 Å². The van der Waals surface area contributed by atoms with Crippen LogP contribution in [0.25, 0.3) is 0 Å². The number of benzene rings is 1. The average Bonchev–Trinajstić information content (AvgIpc) is 2.45. The zero-order valence-corrected chi connectivity index (χ0v) is 11.9. The van der Waals surface area contributed by atoms with Crippen molar-refractivity contribution in [3.05, 3.63) is 24.3 Å². The number of likely N-dealkylation sites (tertiary alicyclic amines) is 1. The summed E-state index contributed by atoms with van der Waals surface area (Å²) in [5.74, 6) is -0.554. The van der Waals surface area contributed by atoms with Crippen molar-refractivity contribution in [3.63, 3.8) is 0 Å². The van der Waals surface area contributed by atoms with E-state index in [1.807, 2.05) is 17.0 Å². The number of halogens is 3. The number of piperidine rings is 1. The van der Waals surface area contributed by atoms with Crippen LogP contribution in [0.2, 0.25) is 0 Å². The number of nitrogens with zero attached hydrogens (tertiary/aromatic N) is 1. The molecule has 6 heteroatoms. The van der Waals surface area contributed by atoms with Crippen molar-refractivity contribution in [2.75, 3.05) is 32.0 Å². The molecule has 1 heterocycles. The molecule has 2 N–H and O–H groups in total. The molecule has 2 rings (SSSR count). The van der Waals surface area contributed by atoms with E-state index in [4.69, 9.17) is 10.5 Å². The summed E-state index contributed by atoms with van der Waals surface area (Å²) in [6, 6.07) is 7.21. The molecule has 0 bridgehead atoms. The van der Waals surface area contributed by atoms with Gasteiger partial charge in [-0.05, 0) is 37.9 Å². The standard InChI is InChI=1S/C15H21F3N2O/c16-15(17,18)12-5-3-8-20(11-12)9-4-10-21-14-7-2-1-6-13(14)19/h1-2,6-7,12H,3-5,8-11,19H2. The molecular formula is C15H21F3N2O. The topological polar surface area (TPSA) is 38.5 Å². The number of para-hydroxylation sites is 2. The maximum Gasteiger partial charge on any atom is 0.393 e. The maximum absolute atomic E-state index is 12.7. The van der Waals surface area contributed by atoms with E-state index in [0.29, 0.717) is 37.4 Å². The van der Waals surface area contributed by atoms with Gasteiger partial charge in [0.15, 0.2) is 0 Å². The average molecular weight is 302 g/mol. The first kappa shape index (κ1) is 15.9. The van der Waals surface area contributed by atoms with Gasteiger partial charge in [0.25, 0.3) is 0 Å². The molecule has 0 amide bonds. The molecule has 1 unspecified atom stereocenters. The van der Waals surface area contributed by atoms with Crippen LogP contribution < -0.4 is 10.5 Å². The molecule has 1 aliphatic rings. The molecule has 0 aliphatic carbocycles. The molecule has 118 valence electrons. The summed E-state index contributed by atoms with van der Waals surface area (Å²) in [5, 5.41) is 0. The zero-order valence-electron chi connectivity index (χ0n) is 11.9. The summed E-state index contributed by atoms with van der Waals surface area (Å²) >= 11 is 0. The highest BCUT2D eigenvalue weighted by molar-refractivity contribution is 5.51. The van der Waals surface area contributed by atoms with Gasteiger partial charge in [-0.25, -0.2) is 0 Å². The SMILES string of the molecule is Nc1ccccc1OCCCN1CCCC(C(F)(F)F)C1. The molecule has 1 fully saturated rings. The molecule has 21 heavy (non-hydrogen) atoms. The Balaban J connectivity index is 1.70. The molecule has 1 atom stereocenters.